The van der Waals surface area contributed by atoms with Crippen molar-refractivity contribution in [3.63, 3.8) is 0 Å². The molecule has 1 amide bonds. The van der Waals surface area contributed by atoms with Crippen LogP contribution in [0, 0.1) is 5.92 Å². The first-order valence-electron chi connectivity index (χ1n) is 8.17. The first-order valence-corrected chi connectivity index (χ1v) is 8.60. The maximum atomic E-state index is 12.7. The number of halogens is 1. The molecule has 23 heavy (non-hydrogen) atoms. The highest BCUT2D eigenvalue weighted by Gasteiger charge is 2.36. The molecule has 0 spiro atoms. The van der Waals surface area contributed by atoms with Crippen molar-refractivity contribution in [1.29, 1.82) is 0 Å². The zero-order valence-electron chi connectivity index (χ0n) is 14.1. The number of unbranched alkanes of at least 4 members (excludes halogenated alkanes) is 1. The average molecular weight is 338 g/mol. The lowest BCUT2D eigenvalue weighted by Crippen LogP contribution is -2.48. The summed E-state index contributed by atoms with van der Waals surface area (Å²) in [6.45, 7) is 8.30. The van der Waals surface area contributed by atoms with Crippen LogP contribution in [0.5, 0.6) is 5.75 Å². The molecule has 0 radical (unpaired) electrons. The Bertz CT molecular complexity index is 598. The van der Waals surface area contributed by atoms with E-state index in [0.29, 0.717) is 23.5 Å². The molecular weight excluding hydrogens is 314 g/mol. The minimum absolute atomic E-state index is 0.0375. The highest BCUT2D eigenvalue weighted by Crippen LogP contribution is 2.37. The molecule has 4 nitrogen and oxygen atoms in total. The Hall–Kier alpha value is -1.55. The third-order valence-corrected chi connectivity index (χ3v) is 4.20. The van der Waals surface area contributed by atoms with Gasteiger partial charge in [0.15, 0.2) is 11.9 Å². The van der Waals surface area contributed by atoms with E-state index in [2.05, 4.69) is 6.92 Å². The summed E-state index contributed by atoms with van der Waals surface area (Å²) >= 11 is 5.90. The van der Waals surface area contributed by atoms with Gasteiger partial charge in [-0.3, -0.25) is 9.59 Å². The van der Waals surface area contributed by atoms with Crippen LogP contribution < -0.4 is 9.64 Å². The zero-order chi connectivity index (χ0) is 17.1. The highest BCUT2D eigenvalue weighted by molar-refractivity contribution is 6.33. The number of carbonyl (C=O) groups excluding carboxylic acids is 2. The van der Waals surface area contributed by atoms with Gasteiger partial charge in [-0.1, -0.05) is 27.2 Å². The van der Waals surface area contributed by atoms with E-state index in [9.17, 15) is 9.59 Å². The third-order valence-electron chi connectivity index (χ3n) is 4.00. The number of hydrogen-bond acceptors (Lipinski definition) is 3. The maximum absolute atomic E-state index is 12.7. The van der Waals surface area contributed by atoms with Crippen LogP contribution in [-0.4, -0.2) is 29.7 Å². The van der Waals surface area contributed by atoms with Gasteiger partial charge in [-0.15, -0.1) is 11.6 Å². The molecule has 126 valence electrons. The molecule has 1 aliphatic rings. The summed E-state index contributed by atoms with van der Waals surface area (Å²) in [7, 11) is 0. The quantitative estimate of drug-likeness (QED) is 0.581. The second-order valence-electron chi connectivity index (χ2n) is 6.29. The summed E-state index contributed by atoms with van der Waals surface area (Å²) in [6, 6.07) is 5.20. The second kappa shape index (κ2) is 7.35. The molecule has 0 fully saturated rings. The van der Waals surface area contributed by atoms with Gasteiger partial charge in [0.2, 0.25) is 0 Å². The smallest absolute Gasteiger partial charge is 0.268 e. The highest BCUT2D eigenvalue weighted by atomic mass is 35.5. The van der Waals surface area contributed by atoms with Gasteiger partial charge in [-0.2, -0.15) is 0 Å². The van der Waals surface area contributed by atoms with Crippen molar-refractivity contribution in [1.82, 2.24) is 0 Å². The fourth-order valence-corrected chi connectivity index (χ4v) is 2.76. The van der Waals surface area contributed by atoms with Crippen LogP contribution in [0.15, 0.2) is 18.2 Å². The summed E-state index contributed by atoms with van der Waals surface area (Å²) in [4.78, 5) is 26.6. The number of fused-ring (bicyclic) bond motifs is 1. The Balaban J connectivity index is 2.43. The molecule has 1 aromatic carbocycles. The van der Waals surface area contributed by atoms with Crippen molar-refractivity contribution < 1.29 is 14.3 Å². The zero-order valence-corrected chi connectivity index (χ0v) is 14.9. The first kappa shape index (κ1) is 17.8. The molecule has 1 aromatic rings. The molecule has 1 aliphatic heterocycles. The fourth-order valence-electron chi connectivity index (χ4n) is 2.64. The van der Waals surface area contributed by atoms with E-state index in [1.807, 2.05) is 13.8 Å². The van der Waals surface area contributed by atoms with Gasteiger partial charge >= 0.3 is 0 Å². The second-order valence-corrected chi connectivity index (χ2v) is 6.94. The Morgan fingerprint density at radius 3 is 2.61 bits per heavy atom. The average Bonchev–Trinajstić information content (AvgIpc) is 2.52. The van der Waals surface area contributed by atoms with E-state index >= 15 is 0 Å². The summed E-state index contributed by atoms with van der Waals surface area (Å²) in [5.41, 5.74) is 1.18. The molecular formula is C18H24ClNO3. The monoisotopic (exact) mass is 337 g/mol. The van der Waals surface area contributed by atoms with Gasteiger partial charge in [-0.25, -0.2) is 0 Å². The van der Waals surface area contributed by atoms with Gasteiger partial charge in [0.25, 0.3) is 5.91 Å². The third kappa shape index (κ3) is 3.69. The number of nitrogens with zero attached hydrogens (tertiary/aromatic N) is 1. The van der Waals surface area contributed by atoms with Gasteiger partial charge in [0, 0.05) is 12.1 Å². The maximum Gasteiger partial charge on any atom is 0.268 e. The number of amides is 1. The van der Waals surface area contributed by atoms with Crippen LogP contribution in [0.4, 0.5) is 5.69 Å². The molecule has 5 heteroatoms. The summed E-state index contributed by atoms with van der Waals surface area (Å²) in [6.07, 6.45) is 1.41. The van der Waals surface area contributed by atoms with E-state index in [1.54, 1.807) is 30.0 Å². The number of rotatable bonds is 6. The van der Waals surface area contributed by atoms with Crippen LogP contribution in [0.3, 0.4) is 0 Å². The molecule has 0 saturated heterocycles. The molecule has 0 bridgehead atoms. The molecule has 2 unspecified atom stereocenters. The molecule has 0 N–H and O–H groups in total. The van der Waals surface area contributed by atoms with Crippen molar-refractivity contribution in [2.24, 2.45) is 5.92 Å². The largest absolute Gasteiger partial charge is 0.478 e. The number of ether oxygens (including phenoxy) is 1. The number of alkyl halides is 1. The predicted molar refractivity (Wildman–Crippen MR) is 92.6 cm³/mol. The lowest BCUT2D eigenvalue weighted by molar-refractivity contribution is -0.128. The Morgan fingerprint density at radius 1 is 1.35 bits per heavy atom. The topological polar surface area (TPSA) is 46.6 Å². The minimum atomic E-state index is -0.597. The van der Waals surface area contributed by atoms with Gasteiger partial charge < -0.3 is 9.64 Å². The number of ketones is 1. The van der Waals surface area contributed by atoms with Crippen LogP contribution in [-0.2, 0) is 4.79 Å². The van der Waals surface area contributed by atoms with Crippen LogP contribution in [0.25, 0.3) is 0 Å². The van der Waals surface area contributed by atoms with Gasteiger partial charge in [0.05, 0.1) is 11.1 Å². The molecule has 1 heterocycles. The van der Waals surface area contributed by atoms with Gasteiger partial charge in [0.1, 0.15) is 5.75 Å². The Labute approximate surface area is 142 Å². The van der Waals surface area contributed by atoms with Crippen LogP contribution in [0.2, 0.25) is 0 Å². The minimum Gasteiger partial charge on any atom is -0.478 e. The number of carbonyl (C=O) groups is 2. The van der Waals surface area contributed by atoms with E-state index in [-0.39, 0.29) is 17.6 Å². The van der Waals surface area contributed by atoms with E-state index in [0.717, 1.165) is 12.8 Å². The molecule has 0 aromatic heterocycles. The number of anilines is 1. The molecule has 2 rings (SSSR count). The van der Waals surface area contributed by atoms with Gasteiger partial charge in [-0.05, 0) is 37.5 Å². The lowest BCUT2D eigenvalue weighted by Gasteiger charge is -2.36. The summed E-state index contributed by atoms with van der Waals surface area (Å²) in [5.74, 6) is 0.551. The van der Waals surface area contributed by atoms with Crippen LogP contribution in [0.1, 0.15) is 50.9 Å². The summed E-state index contributed by atoms with van der Waals surface area (Å²) < 4.78 is 5.88. The molecule has 0 saturated carbocycles. The van der Waals surface area contributed by atoms with E-state index in [4.69, 9.17) is 16.3 Å². The summed E-state index contributed by atoms with van der Waals surface area (Å²) in [5, 5.41) is -0.597. The van der Waals surface area contributed by atoms with Crippen molar-refractivity contribution in [3.8, 4) is 5.75 Å². The molecule has 0 aliphatic carbocycles. The Kier molecular flexibility index (Phi) is 5.69. The fraction of sp³-hybridized carbons (Fsp3) is 0.556. The Morgan fingerprint density at radius 2 is 2.04 bits per heavy atom. The van der Waals surface area contributed by atoms with Crippen molar-refractivity contribution in [2.45, 2.75) is 52.0 Å². The van der Waals surface area contributed by atoms with Crippen molar-refractivity contribution >= 4 is 29.0 Å². The van der Waals surface area contributed by atoms with Crippen molar-refractivity contribution in [3.05, 3.63) is 23.8 Å². The van der Waals surface area contributed by atoms with E-state index < -0.39 is 11.5 Å². The lowest BCUT2D eigenvalue weighted by atomic mass is 10.0. The molecule has 2 atom stereocenters. The van der Waals surface area contributed by atoms with E-state index in [1.165, 1.54) is 0 Å². The first-order chi connectivity index (χ1) is 10.9. The predicted octanol–water partition coefficient (Wildman–Crippen LogP) is 4.05. The number of Topliss-reactive ketones (excluding diaryl/α,β-unsaturated/α-hetero) is 1. The van der Waals surface area contributed by atoms with Crippen LogP contribution >= 0.6 is 11.6 Å². The van der Waals surface area contributed by atoms with Crippen molar-refractivity contribution in [2.75, 3.05) is 11.4 Å². The SMILES string of the molecule is CCCCN1C(=O)C(C(C)C)Oc2ccc(C(=O)C(C)Cl)cc21. The normalized spacial score (nSPS) is 18.6. The number of benzene rings is 1. The standard InChI is InChI=1S/C18H24ClNO3/c1-5-6-9-20-14-10-13(16(21)12(4)19)7-8-15(14)23-17(11(2)3)18(20)22/h7-8,10-12,17H,5-6,9H2,1-4H3. The number of hydrogen-bond donors (Lipinski definition) is 0.